The highest BCUT2D eigenvalue weighted by molar-refractivity contribution is 7.07. The van der Waals surface area contributed by atoms with E-state index >= 15 is 0 Å². The molecule has 3 nitrogen and oxygen atoms in total. The first-order valence-corrected chi connectivity index (χ1v) is 7.19. The molecule has 0 saturated heterocycles. The van der Waals surface area contributed by atoms with E-state index in [-0.39, 0.29) is 11.4 Å². The molecule has 1 amide bonds. The van der Waals surface area contributed by atoms with Gasteiger partial charge in [-0.2, -0.15) is 11.3 Å². The van der Waals surface area contributed by atoms with E-state index in [2.05, 4.69) is 5.32 Å². The number of hydrogen-bond acceptors (Lipinski definition) is 3. The monoisotopic (exact) mass is 252 g/mol. The molecule has 1 aromatic heterocycles. The Balaban J connectivity index is 1.75. The van der Waals surface area contributed by atoms with Crippen LogP contribution >= 0.6 is 11.3 Å². The van der Waals surface area contributed by atoms with Crippen molar-refractivity contribution in [2.45, 2.75) is 44.1 Å². The Morgan fingerprint density at radius 2 is 2.18 bits per heavy atom. The minimum Gasteiger partial charge on any atom is -0.354 e. The molecule has 0 aromatic carbocycles. The largest absolute Gasteiger partial charge is 0.354 e. The molecule has 0 atom stereocenters. The van der Waals surface area contributed by atoms with Gasteiger partial charge in [0.05, 0.1) is 6.42 Å². The summed E-state index contributed by atoms with van der Waals surface area (Å²) in [4.78, 5) is 11.7. The lowest BCUT2D eigenvalue weighted by molar-refractivity contribution is -0.120. The maximum Gasteiger partial charge on any atom is 0.224 e. The third-order valence-corrected chi connectivity index (χ3v) is 4.16. The van der Waals surface area contributed by atoms with Crippen molar-refractivity contribution in [1.82, 2.24) is 5.32 Å². The van der Waals surface area contributed by atoms with Crippen LogP contribution in [0.4, 0.5) is 0 Å². The van der Waals surface area contributed by atoms with Crippen molar-refractivity contribution in [3.05, 3.63) is 22.4 Å². The minimum absolute atomic E-state index is 0.0822. The number of carbonyl (C=O) groups excluding carboxylic acids is 1. The molecule has 0 radical (unpaired) electrons. The van der Waals surface area contributed by atoms with E-state index in [1.165, 1.54) is 19.3 Å². The highest BCUT2D eigenvalue weighted by atomic mass is 32.1. The summed E-state index contributed by atoms with van der Waals surface area (Å²) >= 11 is 1.62. The lowest BCUT2D eigenvalue weighted by atomic mass is 9.82. The first-order chi connectivity index (χ1) is 8.18. The number of nitrogens with one attached hydrogen (secondary N) is 1. The first-order valence-electron chi connectivity index (χ1n) is 6.25. The predicted octanol–water partition coefficient (Wildman–Crippen LogP) is 2.07. The number of carbonyl (C=O) groups is 1. The van der Waals surface area contributed by atoms with Gasteiger partial charge in [-0.1, -0.05) is 19.3 Å². The zero-order chi connectivity index (χ0) is 12.1. The van der Waals surface area contributed by atoms with E-state index in [9.17, 15) is 4.79 Å². The van der Waals surface area contributed by atoms with Gasteiger partial charge in [-0.3, -0.25) is 4.79 Å². The van der Waals surface area contributed by atoms with Crippen LogP contribution in [0.15, 0.2) is 16.8 Å². The lowest BCUT2D eigenvalue weighted by Gasteiger charge is -2.33. The Morgan fingerprint density at radius 3 is 2.82 bits per heavy atom. The summed E-state index contributed by atoms with van der Waals surface area (Å²) < 4.78 is 0. The Morgan fingerprint density at radius 1 is 1.41 bits per heavy atom. The van der Waals surface area contributed by atoms with Crippen molar-refractivity contribution in [2.75, 3.05) is 6.54 Å². The number of hydrogen-bond donors (Lipinski definition) is 2. The topological polar surface area (TPSA) is 55.1 Å². The van der Waals surface area contributed by atoms with Gasteiger partial charge in [0.15, 0.2) is 0 Å². The van der Waals surface area contributed by atoms with Crippen molar-refractivity contribution >= 4 is 17.2 Å². The molecule has 1 heterocycles. The van der Waals surface area contributed by atoms with Crippen LogP contribution in [0.25, 0.3) is 0 Å². The third-order valence-electron chi connectivity index (χ3n) is 3.43. The number of rotatable bonds is 4. The Labute approximate surface area is 106 Å². The molecule has 17 heavy (non-hydrogen) atoms. The van der Waals surface area contributed by atoms with Gasteiger partial charge < -0.3 is 11.1 Å². The van der Waals surface area contributed by atoms with Crippen LogP contribution in [0, 0.1) is 0 Å². The Bertz CT molecular complexity index is 356. The highest BCUT2D eigenvalue weighted by Crippen LogP contribution is 2.25. The third kappa shape index (κ3) is 3.82. The van der Waals surface area contributed by atoms with Gasteiger partial charge in [0.25, 0.3) is 0 Å². The maximum absolute atomic E-state index is 11.7. The number of nitrogens with two attached hydrogens (primary N) is 1. The van der Waals surface area contributed by atoms with Gasteiger partial charge in [-0.15, -0.1) is 0 Å². The van der Waals surface area contributed by atoms with E-state index < -0.39 is 0 Å². The quantitative estimate of drug-likeness (QED) is 0.862. The predicted molar refractivity (Wildman–Crippen MR) is 71.0 cm³/mol. The van der Waals surface area contributed by atoms with Gasteiger partial charge in [0.1, 0.15) is 0 Å². The van der Waals surface area contributed by atoms with Crippen molar-refractivity contribution in [3.8, 4) is 0 Å². The first kappa shape index (κ1) is 12.6. The molecule has 1 aromatic rings. The minimum atomic E-state index is -0.164. The molecule has 3 N–H and O–H groups in total. The molecule has 0 spiro atoms. The molecule has 1 saturated carbocycles. The van der Waals surface area contributed by atoms with Crippen LogP contribution in [0.1, 0.15) is 37.7 Å². The van der Waals surface area contributed by atoms with Gasteiger partial charge in [0, 0.05) is 12.1 Å². The van der Waals surface area contributed by atoms with Gasteiger partial charge in [-0.05, 0) is 35.2 Å². The molecule has 0 unspecified atom stereocenters. The standard InChI is InChI=1S/C13H20N2OS/c14-13(5-2-1-3-6-13)10-15-12(16)8-11-4-7-17-9-11/h4,7,9H,1-3,5-6,8,10,14H2,(H,15,16). The summed E-state index contributed by atoms with van der Waals surface area (Å²) in [5, 5.41) is 6.98. The molecular weight excluding hydrogens is 232 g/mol. The van der Waals surface area contributed by atoms with Gasteiger partial charge in [0.2, 0.25) is 5.91 Å². The number of amides is 1. The van der Waals surface area contributed by atoms with Gasteiger partial charge >= 0.3 is 0 Å². The average Bonchev–Trinajstić information content (AvgIpc) is 2.80. The second kappa shape index (κ2) is 5.65. The smallest absolute Gasteiger partial charge is 0.224 e. The normalized spacial score (nSPS) is 18.9. The highest BCUT2D eigenvalue weighted by Gasteiger charge is 2.27. The summed E-state index contributed by atoms with van der Waals surface area (Å²) in [6.07, 6.45) is 6.20. The summed E-state index contributed by atoms with van der Waals surface area (Å²) in [5.41, 5.74) is 7.19. The van der Waals surface area contributed by atoms with Crippen molar-refractivity contribution in [3.63, 3.8) is 0 Å². The van der Waals surface area contributed by atoms with Gasteiger partial charge in [-0.25, -0.2) is 0 Å². The second-order valence-corrected chi connectivity index (χ2v) is 5.79. The summed E-state index contributed by atoms with van der Waals surface area (Å²) in [6.45, 7) is 0.621. The number of thiophene rings is 1. The van der Waals surface area contributed by atoms with Crippen molar-refractivity contribution in [2.24, 2.45) is 5.73 Å². The molecule has 1 aliphatic carbocycles. The molecule has 2 rings (SSSR count). The molecular formula is C13H20N2OS. The molecule has 0 aliphatic heterocycles. The van der Waals surface area contributed by atoms with Crippen LogP contribution < -0.4 is 11.1 Å². The SMILES string of the molecule is NC1(CNC(=O)Cc2ccsc2)CCCCC1. The zero-order valence-corrected chi connectivity index (χ0v) is 10.9. The molecule has 1 fully saturated rings. The van der Waals surface area contributed by atoms with E-state index in [0.717, 1.165) is 18.4 Å². The van der Waals surface area contributed by atoms with Crippen LogP contribution in [0.3, 0.4) is 0 Å². The van der Waals surface area contributed by atoms with Crippen LogP contribution in [-0.4, -0.2) is 18.0 Å². The fourth-order valence-electron chi connectivity index (χ4n) is 2.35. The molecule has 0 bridgehead atoms. The summed E-state index contributed by atoms with van der Waals surface area (Å²) in [5.74, 6) is 0.0822. The second-order valence-electron chi connectivity index (χ2n) is 5.01. The summed E-state index contributed by atoms with van der Waals surface area (Å²) in [7, 11) is 0. The van der Waals surface area contributed by atoms with Crippen LogP contribution in [-0.2, 0) is 11.2 Å². The Kier molecular flexibility index (Phi) is 4.18. The van der Waals surface area contributed by atoms with Crippen molar-refractivity contribution in [1.29, 1.82) is 0 Å². The van der Waals surface area contributed by atoms with E-state index in [1.807, 2.05) is 16.8 Å². The zero-order valence-electron chi connectivity index (χ0n) is 10.1. The van der Waals surface area contributed by atoms with Crippen LogP contribution in [0.5, 0.6) is 0 Å². The molecule has 94 valence electrons. The summed E-state index contributed by atoms with van der Waals surface area (Å²) in [6, 6.07) is 1.99. The van der Waals surface area contributed by atoms with E-state index in [1.54, 1.807) is 11.3 Å². The van der Waals surface area contributed by atoms with Crippen LogP contribution in [0.2, 0.25) is 0 Å². The Hall–Kier alpha value is -0.870. The average molecular weight is 252 g/mol. The van der Waals surface area contributed by atoms with E-state index in [4.69, 9.17) is 5.73 Å². The lowest BCUT2D eigenvalue weighted by Crippen LogP contribution is -2.51. The van der Waals surface area contributed by atoms with Crippen molar-refractivity contribution < 1.29 is 4.79 Å². The molecule has 1 aliphatic rings. The maximum atomic E-state index is 11.7. The fourth-order valence-corrected chi connectivity index (χ4v) is 3.02. The fraction of sp³-hybridized carbons (Fsp3) is 0.615. The van der Waals surface area contributed by atoms with E-state index in [0.29, 0.717) is 13.0 Å². The molecule has 4 heteroatoms.